The lowest BCUT2D eigenvalue weighted by Gasteiger charge is -2.17. The summed E-state index contributed by atoms with van der Waals surface area (Å²) in [6.45, 7) is 11.3. The van der Waals surface area contributed by atoms with Crippen LogP contribution in [0.1, 0.15) is 265 Å². The van der Waals surface area contributed by atoms with E-state index < -0.39 is 0 Å². The SMILES string of the molecule is CCCCCC(CC=O)CCCCC.CCCCCC(CCCCC)CC(=O)OCCCCCCCCCCC(CCCCCCCCCCO)C(=O)OCCCN(C)C. The van der Waals surface area contributed by atoms with E-state index >= 15 is 0 Å². The quantitative estimate of drug-likeness (QED) is 0.0370. The standard InChI is InChI=1S/C40H79NO5.C13H26O/c1-5-7-21-28-37(29-22-8-6-2)36-39(43)45-34-26-20-16-12-10-14-18-24-31-38(40(44)46-35-27-32-41(3)4)30-23-17-13-9-11-15-19-25-33-42;1-3-5-7-9-13(11-12-14)10-8-6-4-2/h37-38,42H,5-36H2,1-4H3;12-13H,3-11H2,1-2H3. The molecule has 0 aromatic rings. The van der Waals surface area contributed by atoms with E-state index in [1.165, 1.54) is 167 Å². The van der Waals surface area contributed by atoms with E-state index in [1.54, 1.807) is 0 Å². The smallest absolute Gasteiger partial charge is 0.308 e. The first-order chi connectivity index (χ1) is 29.3. The molecule has 0 radical (unpaired) electrons. The summed E-state index contributed by atoms with van der Waals surface area (Å²) in [7, 11) is 4.10. The predicted molar refractivity (Wildman–Crippen MR) is 258 cm³/mol. The molecule has 60 heavy (non-hydrogen) atoms. The second kappa shape index (κ2) is 50.2. The normalized spacial score (nSPS) is 11.9. The van der Waals surface area contributed by atoms with Crippen LogP contribution in [0.15, 0.2) is 0 Å². The van der Waals surface area contributed by atoms with E-state index in [4.69, 9.17) is 14.6 Å². The Morgan fingerprint density at radius 3 is 1.28 bits per heavy atom. The average Bonchev–Trinajstić information content (AvgIpc) is 3.23. The molecule has 0 bridgehead atoms. The van der Waals surface area contributed by atoms with E-state index in [-0.39, 0.29) is 17.9 Å². The number of carbonyl (C=O) groups excluding carboxylic acids is 3. The molecule has 1 unspecified atom stereocenters. The van der Waals surface area contributed by atoms with Gasteiger partial charge >= 0.3 is 11.9 Å². The molecule has 1 atom stereocenters. The summed E-state index contributed by atoms with van der Waals surface area (Å²) in [5, 5.41) is 8.90. The van der Waals surface area contributed by atoms with Crippen LogP contribution in [0, 0.1) is 17.8 Å². The average molecular weight is 852 g/mol. The molecule has 358 valence electrons. The van der Waals surface area contributed by atoms with Gasteiger partial charge in [0.2, 0.25) is 0 Å². The van der Waals surface area contributed by atoms with Gasteiger partial charge in [-0.25, -0.2) is 0 Å². The van der Waals surface area contributed by atoms with Crippen LogP contribution >= 0.6 is 0 Å². The zero-order valence-electron chi connectivity index (χ0n) is 41.2. The van der Waals surface area contributed by atoms with E-state index in [1.807, 2.05) is 0 Å². The Labute approximate surface area is 374 Å². The molecule has 0 fully saturated rings. The van der Waals surface area contributed by atoms with Crippen LogP contribution < -0.4 is 0 Å². The van der Waals surface area contributed by atoms with Crippen LogP contribution in [0.5, 0.6) is 0 Å². The number of aliphatic hydroxyl groups is 1. The van der Waals surface area contributed by atoms with E-state index in [0.717, 1.165) is 77.0 Å². The van der Waals surface area contributed by atoms with Crippen molar-refractivity contribution in [3.05, 3.63) is 0 Å². The minimum Gasteiger partial charge on any atom is -0.466 e. The first-order valence-corrected chi connectivity index (χ1v) is 26.3. The summed E-state index contributed by atoms with van der Waals surface area (Å²) in [5.74, 6) is 1.26. The fourth-order valence-corrected chi connectivity index (χ4v) is 8.25. The molecular formula is C53H105NO6. The van der Waals surface area contributed by atoms with Crippen LogP contribution in [0.2, 0.25) is 0 Å². The van der Waals surface area contributed by atoms with Crippen molar-refractivity contribution in [2.75, 3.05) is 40.5 Å². The number of ether oxygens (including phenoxy) is 2. The van der Waals surface area contributed by atoms with Gasteiger partial charge in [-0.3, -0.25) is 9.59 Å². The lowest BCUT2D eigenvalue weighted by Crippen LogP contribution is -2.21. The van der Waals surface area contributed by atoms with Crippen LogP contribution in [0.3, 0.4) is 0 Å². The molecule has 0 aliphatic heterocycles. The van der Waals surface area contributed by atoms with Gasteiger partial charge in [0.1, 0.15) is 6.29 Å². The molecule has 0 aromatic carbocycles. The van der Waals surface area contributed by atoms with Crippen LogP contribution in [0.25, 0.3) is 0 Å². The highest BCUT2D eigenvalue weighted by molar-refractivity contribution is 5.72. The van der Waals surface area contributed by atoms with Gasteiger partial charge in [-0.1, -0.05) is 207 Å². The molecule has 0 aliphatic carbocycles. The number of unbranched alkanes of at least 4 members (excludes halogenated alkanes) is 22. The molecular weight excluding hydrogens is 747 g/mol. The topological polar surface area (TPSA) is 93.1 Å². The first kappa shape index (κ1) is 60.6. The Bertz CT molecular complexity index is 861. The number of esters is 2. The summed E-state index contributed by atoms with van der Waals surface area (Å²) < 4.78 is 11.3. The molecule has 0 saturated heterocycles. The van der Waals surface area contributed by atoms with Gasteiger partial charge in [-0.2, -0.15) is 0 Å². The zero-order chi connectivity index (χ0) is 44.6. The maximum absolute atomic E-state index is 12.9. The summed E-state index contributed by atoms with van der Waals surface area (Å²) in [6.07, 6.45) is 44.1. The zero-order valence-corrected chi connectivity index (χ0v) is 41.2. The molecule has 0 rings (SSSR count). The number of aldehydes is 1. The molecule has 0 spiro atoms. The number of aliphatic hydroxyl groups excluding tert-OH is 1. The van der Waals surface area contributed by atoms with Crippen molar-refractivity contribution in [2.24, 2.45) is 17.8 Å². The van der Waals surface area contributed by atoms with E-state index in [0.29, 0.717) is 38.1 Å². The van der Waals surface area contributed by atoms with Crippen LogP contribution in [0.4, 0.5) is 0 Å². The van der Waals surface area contributed by atoms with Gasteiger partial charge in [-0.15, -0.1) is 0 Å². The van der Waals surface area contributed by atoms with E-state index in [9.17, 15) is 14.4 Å². The third-order valence-electron chi connectivity index (χ3n) is 12.2. The number of hydrogen-bond donors (Lipinski definition) is 1. The largest absolute Gasteiger partial charge is 0.466 e. The van der Waals surface area contributed by atoms with E-state index in [2.05, 4.69) is 46.7 Å². The Morgan fingerprint density at radius 1 is 0.483 bits per heavy atom. The molecule has 0 heterocycles. The van der Waals surface area contributed by atoms with Crippen molar-refractivity contribution in [2.45, 2.75) is 265 Å². The van der Waals surface area contributed by atoms with Gasteiger partial charge in [0.25, 0.3) is 0 Å². The fourth-order valence-electron chi connectivity index (χ4n) is 8.25. The first-order valence-electron chi connectivity index (χ1n) is 26.3. The Hall–Kier alpha value is -1.47. The number of rotatable bonds is 46. The lowest BCUT2D eigenvalue weighted by molar-refractivity contribution is -0.149. The minimum absolute atomic E-state index is 0.0130. The highest BCUT2D eigenvalue weighted by atomic mass is 16.5. The van der Waals surface area contributed by atoms with Crippen molar-refractivity contribution < 1.29 is 29.0 Å². The molecule has 0 aromatic heterocycles. The van der Waals surface area contributed by atoms with Gasteiger partial charge in [-0.05, 0) is 70.9 Å². The molecule has 1 N–H and O–H groups in total. The molecule has 7 nitrogen and oxygen atoms in total. The lowest BCUT2D eigenvalue weighted by atomic mass is 9.92. The van der Waals surface area contributed by atoms with Gasteiger partial charge in [0.15, 0.2) is 0 Å². The highest BCUT2D eigenvalue weighted by Crippen LogP contribution is 2.24. The van der Waals surface area contributed by atoms with Gasteiger partial charge in [0.05, 0.1) is 19.1 Å². The predicted octanol–water partition coefficient (Wildman–Crippen LogP) is 15.2. The second-order valence-corrected chi connectivity index (χ2v) is 18.5. The third kappa shape index (κ3) is 46.0. The monoisotopic (exact) mass is 852 g/mol. The molecule has 7 heteroatoms. The Morgan fingerprint density at radius 2 is 0.867 bits per heavy atom. The van der Waals surface area contributed by atoms with Crippen molar-refractivity contribution in [1.29, 1.82) is 0 Å². The molecule has 0 saturated carbocycles. The van der Waals surface area contributed by atoms with Crippen molar-refractivity contribution in [3.63, 3.8) is 0 Å². The highest BCUT2D eigenvalue weighted by Gasteiger charge is 2.19. The minimum atomic E-state index is 0.0130. The summed E-state index contributed by atoms with van der Waals surface area (Å²) in [4.78, 5) is 37.9. The van der Waals surface area contributed by atoms with Crippen LogP contribution in [-0.2, 0) is 23.9 Å². The third-order valence-corrected chi connectivity index (χ3v) is 12.2. The molecule has 0 aliphatic rings. The number of nitrogens with zero attached hydrogens (tertiary/aromatic N) is 1. The fraction of sp³-hybridized carbons (Fsp3) is 0.943. The Kier molecular flexibility index (Phi) is 50.7. The summed E-state index contributed by atoms with van der Waals surface area (Å²) in [6, 6.07) is 0. The Balaban J connectivity index is 0. The molecule has 0 amide bonds. The van der Waals surface area contributed by atoms with Crippen molar-refractivity contribution in [1.82, 2.24) is 4.90 Å². The van der Waals surface area contributed by atoms with Gasteiger partial charge in [0, 0.05) is 26.0 Å². The number of hydrogen-bond acceptors (Lipinski definition) is 7. The maximum atomic E-state index is 12.9. The van der Waals surface area contributed by atoms with Crippen LogP contribution in [-0.4, -0.2) is 68.7 Å². The second-order valence-electron chi connectivity index (χ2n) is 18.5. The number of carbonyl (C=O) groups is 3. The van der Waals surface area contributed by atoms with Crippen molar-refractivity contribution >= 4 is 18.2 Å². The summed E-state index contributed by atoms with van der Waals surface area (Å²) in [5.41, 5.74) is 0. The van der Waals surface area contributed by atoms with Gasteiger partial charge < -0.3 is 24.3 Å². The summed E-state index contributed by atoms with van der Waals surface area (Å²) >= 11 is 0. The maximum Gasteiger partial charge on any atom is 0.308 e. The van der Waals surface area contributed by atoms with Crippen molar-refractivity contribution in [3.8, 4) is 0 Å².